The molecule has 2 heterocycles. The van der Waals surface area contributed by atoms with E-state index in [2.05, 4.69) is 33.3 Å². The minimum atomic E-state index is -0.457. The van der Waals surface area contributed by atoms with E-state index < -0.39 is 5.60 Å². The molecule has 1 aromatic rings. The highest BCUT2D eigenvalue weighted by Crippen LogP contribution is 2.34. The van der Waals surface area contributed by atoms with Gasteiger partial charge < -0.3 is 15.0 Å². The third kappa shape index (κ3) is 4.26. The van der Waals surface area contributed by atoms with Crippen LogP contribution in [0.15, 0.2) is 10.7 Å². The molecule has 1 saturated heterocycles. The average molecular weight is 387 g/mol. The maximum absolute atomic E-state index is 12.3. The summed E-state index contributed by atoms with van der Waals surface area (Å²) in [5.41, 5.74) is 0.688. The van der Waals surface area contributed by atoms with Crippen molar-refractivity contribution in [2.75, 3.05) is 20.1 Å². The number of rotatable bonds is 4. The molecule has 1 aliphatic rings. The van der Waals surface area contributed by atoms with Gasteiger partial charge in [-0.1, -0.05) is 0 Å². The Bertz CT molecular complexity index is 553. The fourth-order valence-electron chi connectivity index (χ4n) is 3.08. The average Bonchev–Trinajstić information content (AvgIpc) is 3.06. The number of hydrogen-bond donors (Lipinski definition) is 1. The van der Waals surface area contributed by atoms with Crippen molar-refractivity contribution in [2.24, 2.45) is 5.92 Å². The number of carbonyl (C=O) groups excluding carboxylic acids is 1. The number of nitrogens with zero attached hydrogens (tertiary/aromatic N) is 3. The highest BCUT2D eigenvalue weighted by Gasteiger charge is 2.36. The smallest absolute Gasteiger partial charge is 0.410 e. The van der Waals surface area contributed by atoms with Gasteiger partial charge in [-0.15, -0.1) is 0 Å². The zero-order chi connectivity index (χ0) is 17.2. The van der Waals surface area contributed by atoms with Gasteiger partial charge in [0.1, 0.15) is 5.60 Å². The van der Waals surface area contributed by atoms with Crippen LogP contribution in [0.3, 0.4) is 0 Å². The van der Waals surface area contributed by atoms with Gasteiger partial charge in [0.25, 0.3) is 0 Å². The lowest BCUT2D eigenvalue weighted by Gasteiger charge is -2.26. The summed E-state index contributed by atoms with van der Waals surface area (Å²) in [6.07, 6.45) is 2.56. The Labute approximate surface area is 146 Å². The van der Waals surface area contributed by atoms with E-state index in [1.807, 2.05) is 38.7 Å². The molecule has 23 heavy (non-hydrogen) atoms. The SMILES string of the molecule is CCn1ncc(Br)c1C(NC)C1CCN(C(=O)OC(C)(C)C)C1. The van der Waals surface area contributed by atoms with Crippen LogP contribution in [0.2, 0.25) is 0 Å². The zero-order valence-electron chi connectivity index (χ0n) is 14.6. The Morgan fingerprint density at radius 2 is 2.26 bits per heavy atom. The van der Waals surface area contributed by atoms with Gasteiger partial charge in [0.2, 0.25) is 0 Å². The van der Waals surface area contributed by atoms with Crippen molar-refractivity contribution >= 4 is 22.0 Å². The Morgan fingerprint density at radius 3 is 2.83 bits per heavy atom. The molecule has 1 fully saturated rings. The molecule has 1 aromatic heterocycles. The highest BCUT2D eigenvalue weighted by molar-refractivity contribution is 9.10. The van der Waals surface area contributed by atoms with Crippen molar-refractivity contribution in [3.05, 3.63) is 16.4 Å². The fourth-order valence-corrected chi connectivity index (χ4v) is 3.62. The third-order valence-corrected chi connectivity index (χ3v) is 4.70. The number of halogens is 1. The van der Waals surface area contributed by atoms with Crippen LogP contribution in [0.1, 0.15) is 45.9 Å². The van der Waals surface area contributed by atoms with Crippen molar-refractivity contribution in [1.29, 1.82) is 0 Å². The van der Waals surface area contributed by atoms with Crippen molar-refractivity contribution in [3.63, 3.8) is 0 Å². The molecule has 2 unspecified atom stereocenters. The normalized spacial score (nSPS) is 19.9. The molecule has 0 aromatic carbocycles. The molecule has 0 saturated carbocycles. The van der Waals surface area contributed by atoms with Crippen molar-refractivity contribution < 1.29 is 9.53 Å². The molecule has 1 N–H and O–H groups in total. The van der Waals surface area contributed by atoms with Crippen LogP contribution in [0, 0.1) is 5.92 Å². The molecule has 1 aliphatic heterocycles. The summed E-state index contributed by atoms with van der Waals surface area (Å²) in [4.78, 5) is 14.1. The largest absolute Gasteiger partial charge is 0.444 e. The highest BCUT2D eigenvalue weighted by atomic mass is 79.9. The Hall–Kier alpha value is -1.08. The van der Waals surface area contributed by atoms with Gasteiger partial charge in [-0.2, -0.15) is 5.10 Å². The van der Waals surface area contributed by atoms with E-state index in [1.165, 1.54) is 0 Å². The second-order valence-electron chi connectivity index (χ2n) is 6.93. The summed E-state index contributed by atoms with van der Waals surface area (Å²) in [5.74, 6) is 0.339. The summed E-state index contributed by atoms with van der Waals surface area (Å²) in [5, 5.41) is 7.80. The molecule has 0 aliphatic carbocycles. The standard InChI is InChI=1S/C16H27BrN4O2/c1-6-21-14(12(17)9-19-21)13(18-5)11-7-8-20(10-11)15(22)23-16(2,3)4/h9,11,13,18H,6-8,10H2,1-5H3. The Kier molecular flexibility index (Phi) is 5.73. The molecule has 0 bridgehead atoms. The van der Waals surface area contributed by atoms with E-state index in [0.29, 0.717) is 12.5 Å². The molecule has 1 amide bonds. The van der Waals surface area contributed by atoms with Crippen LogP contribution in [0.25, 0.3) is 0 Å². The second-order valence-corrected chi connectivity index (χ2v) is 7.79. The van der Waals surface area contributed by atoms with Crippen LogP contribution >= 0.6 is 15.9 Å². The molecular weight excluding hydrogens is 360 g/mol. The second kappa shape index (κ2) is 7.21. The predicted molar refractivity (Wildman–Crippen MR) is 93.3 cm³/mol. The number of nitrogens with one attached hydrogen (secondary N) is 1. The summed E-state index contributed by atoms with van der Waals surface area (Å²) < 4.78 is 8.49. The van der Waals surface area contributed by atoms with Gasteiger partial charge in [0.05, 0.1) is 22.4 Å². The third-order valence-electron chi connectivity index (χ3n) is 4.09. The van der Waals surface area contributed by atoms with Crippen LogP contribution in [-0.4, -0.2) is 46.5 Å². The van der Waals surface area contributed by atoms with Crippen LogP contribution < -0.4 is 5.32 Å². The number of aromatic nitrogens is 2. The van der Waals surface area contributed by atoms with E-state index in [4.69, 9.17) is 4.74 Å². The molecule has 130 valence electrons. The first-order valence-electron chi connectivity index (χ1n) is 8.13. The van der Waals surface area contributed by atoms with Crippen LogP contribution in [-0.2, 0) is 11.3 Å². The van der Waals surface area contributed by atoms with E-state index in [0.717, 1.165) is 29.7 Å². The Balaban J connectivity index is 2.10. The molecule has 6 nitrogen and oxygen atoms in total. The van der Waals surface area contributed by atoms with Gasteiger partial charge in [-0.25, -0.2) is 4.79 Å². The maximum Gasteiger partial charge on any atom is 0.410 e. The molecule has 2 atom stereocenters. The summed E-state index contributed by atoms with van der Waals surface area (Å²) in [6, 6.07) is 0.152. The number of aryl methyl sites for hydroxylation is 1. The lowest BCUT2D eigenvalue weighted by Crippen LogP contribution is -2.36. The minimum absolute atomic E-state index is 0.152. The predicted octanol–water partition coefficient (Wildman–Crippen LogP) is 3.18. The lowest BCUT2D eigenvalue weighted by molar-refractivity contribution is 0.0285. The quantitative estimate of drug-likeness (QED) is 0.862. The zero-order valence-corrected chi connectivity index (χ0v) is 16.2. The molecular formula is C16H27BrN4O2. The van der Waals surface area contributed by atoms with Gasteiger partial charge in [-0.3, -0.25) is 4.68 Å². The molecule has 7 heteroatoms. The topological polar surface area (TPSA) is 59.4 Å². The Morgan fingerprint density at radius 1 is 1.57 bits per heavy atom. The lowest BCUT2D eigenvalue weighted by atomic mass is 9.96. The van der Waals surface area contributed by atoms with E-state index in [-0.39, 0.29) is 12.1 Å². The number of likely N-dealkylation sites (tertiary alicyclic amines) is 1. The summed E-state index contributed by atoms with van der Waals surface area (Å²) >= 11 is 3.60. The van der Waals surface area contributed by atoms with Gasteiger partial charge in [0.15, 0.2) is 0 Å². The van der Waals surface area contributed by atoms with E-state index in [9.17, 15) is 4.79 Å². The number of carbonyl (C=O) groups is 1. The number of hydrogen-bond acceptors (Lipinski definition) is 4. The van der Waals surface area contributed by atoms with Crippen molar-refractivity contribution in [2.45, 2.75) is 52.3 Å². The van der Waals surface area contributed by atoms with Crippen LogP contribution in [0.5, 0.6) is 0 Å². The molecule has 0 spiro atoms. The first kappa shape index (κ1) is 18.3. The van der Waals surface area contributed by atoms with Crippen molar-refractivity contribution in [3.8, 4) is 0 Å². The minimum Gasteiger partial charge on any atom is -0.444 e. The number of amides is 1. The van der Waals surface area contributed by atoms with E-state index >= 15 is 0 Å². The van der Waals surface area contributed by atoms with E-state index in [1.54, 1.807) is 4.90 Å². The number of ether oxygens (including phenoxy) is 1. The monoisotopic (exact) mass is 386 g/mol. The molecule has 0 radical (unpaired) electrons. The summed E-state index contributed by atoms with van der Waals surface area (Å²) in [7, 11) is 1.96. The van der Waals surface area contributed by atoms with Gasteiger partial charge in [0, 0.05) is 19.6 Å². The first-order valence-corrected chi connectivity index (χ1v) is 8.92. The maximum atomic E-state index is 12.3. The van der Waals surface area contributed by atoms with Crippen molar-refractivity contribution in [1.82, 2.24) is 20.0 Å². The molecule has 2 rings (SSSR count). The fraction of sp³-hybridized carbons (Fsp3) is 0.750. The summed E-state index contributed by atoms with van der Waals surface area (Å²) in [6.45, 7) is 10.0. The van der Waals surface area contributed by atoms with Crippen LogP contribution in [0.4, 0.5) is 4.79 Å². The van der Waals surface area contributed by atoms with Gasteiger partial charge >= 0.3 is 6.09 Å². The van der Waals surface area contributed by atoms with Gasteiger partial charge in [-0.05, 0) is 63.0 Å². The first-order chi connectivity index (χ1) is 10.8.